The molecule has 0 saturated carbocycles. The van der Waals surface area contributed by atoms with Crippen LogP contribution in [-0.4, -0.2) is 6.04 Å². The van der Waals surface area contributed by atoms with Crippen molar-refractivity contribution >= 4 is 15.9 Å². The van der Waals surface area contributed by atoms with Gasteiger partial charge in [0.25, 0.3) is 0 Å². The molecule has 0 amide bonds. The van der Waals surface area contributed by atoms with Crippen LogP contribution in [0.15, 0.2) is 28.7 Å². The summed E-state index contributed by atoms with van der Waals surface area (Å²) >= 11 is 3.45. The first-order valence-corrected chi connectivity index (χ1v) is 5.39. The van der Waals surface area contributed by atoms with Crippen molar-refractivity contribution in [2.75, 3.05) is 0 Å². The zero-order chi connectivity index (χ0) is 9.84. The highest BCUT2D eigenvalue weighted by Crippen LogP contribution is 2.14. The summed E-state index contributed by atoms with van der Waals surface area (Å²) in [5.74, 6) is 0.541. The van der Waals surface area contributed by atoms with Crippen molar-refractivity contribution in [2.24, 2.45) is 11.7 Å². The van der Waals surface area contributed by atoms with Crippen molar-refractivity contribution in [1.82, 2.24) is 0 Å². The van der Waals surface area contributed by atoms with Crippen LogP contribution >= 0.6 is 15.9 Å². The number of nitrogens with two attached hydrogens (primary N) is 1. The largest absolute Gasteiger partial charge is 0.327 e. The summed E-state index contributed by atoms with van der Waals surface area (Å²) in [7, 11) is 0. The van der Waals surface area contributed by atoms with E-state index in [1.807, 2.05) is 12.1 Å². The highest BCUT2D eigenvalue weighted by Gasteiger charge is 2.07. The van der Waals surface area contributed by atoms with Crippen LogP contribution in [0, 0.1) is 5.92 Å². The highest BCUT2D eigenvalue weighted by molar-refractivity contribution is 9.10. The fourth-order valence-corrected chi connectivity index (χ4v) is 1.62. The Morgan fingerprint density at radius 3 is 2.62 bits per heavy atom. The van der Waals surface area contributed by atoms with Gasteiger partial charge in [-0.2, -0.15) is 0 Å². The molecule has 0 aromatic heterocycles. The van der Waals surface area contributed by atoms with Crippen molar-refractivity contribution < 1.29 is 0 Å². The molecule has 0 aliphatic carbocycles. The molecular weight excluding hydrogens is 226 g/mol. The quantitative estimate of drug-likeness (QED) is 0.866. The number of halogens is 1. The Morgan fingerprint density at radius 2 is 2.08 bits per heavy atom. The first-order valence-electron chi connectivity index (χ1n) is 4.59. The van der Waals surface area contributed by atoms with E-state index in [0.717, 1.165) is 10.9 Å². The smallest absolute Gasteiger partial charge is 0.0178 e. The van der Waals surface area contributed by atoms with Gasteiger partial charge in [0.1, 0.15) is 0 Å². The van der Waals surface area contributed by atoms with Gasteiger partial charge in [-0.3, -0.25) is 0 Å². The Hall–Kier alpha value is -0.340. The van der Waals surface area contributed by atoms with Gasteiger partial charge in [0, 0.05) is 10.5 Å². The van der Waals surface area contributed by atoms with Crippen LogP contribution < -0.4 is 5.73 Å². The molecule has 1 rings (SSSR count). The summed E-state index contributed by atoms with van der Waals surface area (Å²) in [5.41, 5.74) is 7.28. The van der Waals surface area contributed by atoms with Crippen LogP contribution in [0.5, 0.6) is 0 Å². The molecule has 0 aliphatic rings. The topological polar surface area (TPSA) is 26.0 Å². The standard InChI is InChI=1S/C11H16BrN/c1-8(2)11(13)7-9-4-3-5-10(12)6-9/h3-6,8,11H,7,13H2,1-2H3. The molecule has 1 unspecified atom stereocenters. The van der Waals surface area contributed by atoms with E-state index in [0.29, 0.717) is 5.92 Å². The molecule has 0 heterocycles. The molecule has 0 spiro atoms. The maximum atomic E-state index is 5.98. The van der Waals surface area contributed by atoms with Gasteiger partial charge >= 0.3 is 0 Å². The lowest BCUT2D eigenvalue weighted by Gasteiger charge is -2.15. The summed E-state index contributed by atoms with van der Waals surface area (Å²) in [6, 6.07) is 8.58. The zero-order valence-corrected chi connectivity index (χ0v) is 9.71. The van der Waals surface area contributed by atoms with E-state index < -0.39 is 0 Å². The molecule has 0 saturated heterocycles. The van der Waals surface area contributed by atoms with Crippen LogP contribution in [0.1, 0.15) is 19.4 Å². The SMILES string of the molecule is CC(C)C(N)Cc1cccc(Br)c1. The van der Waals surface area contributed by atoms with E-state index in [-0.39, 0.29) is 6.04 Å². The molecule has 2 N–H and O–H groups in total. The van der Waals surface area contributed by atoms with E-state index in [4.69, 9.17) is 5.73 Å². The first-order chi connectivity index (χ1) is 6.09. The van der Waals surface area contributed by atoms with E-state index in [2.05, 4.69) is 41.9 Å². The molecule has 72 valence electrons. The number of hydrogen-bond acceptors (Lipinski definition) is 1. The summed E-state index contributed by atoms with van der Waals surface area (Å²) in [4.78, 5) is 0. The van der Waals surface area contributed by atoms with Crippen LogP contribution in [0.4, 0.5) is 0 Å². The highest BCUT2D eigenvalue weighted by atomic mass is 79.9. The average Bonchev–Trinajstić information content (AvgIpc) is 2.04. The second-order valence-corrected chi connectivity index (χ2v) is 4.66. The van der Waals surface area contributed by atoms with Gasteiger partial charge in [-0.1, -0.05) is 41.9 Å². The molecule has 1 atom stereocenters. The number of rotatable bonds is 3. The third-order valence-corrected chi connectivity index (χ3v) is 2.71. The number of hydrogen-bond donors (Lipinski definition) is 1. The minimum absolute atomic E-state index is 0.259. The third-order valence-electron chi connectivity index (χ3n) is 2.22. The Balaban J connectivity index is 2.64. The fraction of sp³-hybridized carbons (Fsp3) is 0.455. The minimum Gasteiger partial charge on any atom is -0.327 e. The van der Waals surface area contributed by atoms with E-state index >= 15 is 0 Å². The Labute approximate surface area is 88.5 Å². The molecule has 1 aromatic rings. The minimum atomic E-state index is 0.259. The summed E-state index contributed by atoms with van der Waals surface area (Å²) in [6.07, 6.45) is 0.955. The fourth-order valence-electron chi connectivity index (χ4n) is 1.17. The summed E-state index contributed by atoms with van der Waals surface area (Å²) in [5, 5.41) is 0. The van der Waals surface area contributed by atoms with Gasteiger partial charge in [-0.25, -0.2) is 0 Å². The van der Waals surface area contributed by atoms with Crippen LogP contribution in [-0.2, 0) is 6.42 Å². The van der Waals surface area contributed by atoms with Crippen molar-refractivity contribution in [3.8, 4) is 0 Å². The molecule has 0 aliphatic heterocycles. The lowest BCUT2D eigenvalue weighted by Crippen LogP contribution is -2.28. The van der Waals surface area contributed by atoms with Crippen molar-refractivity contribution in [1.29, 1.82) is 0 Å². The molecular formula is C11H16BrN. The monoisotopic (exact) mass is 241 g/mol. The van der Waals surface area contributed by atoms with Gasteiger partial charge in [-0.05, 0) is 30.0 Å². The maximum Gasteiger partial charge on any atom is 0.0178 e. The second kappa shape index (κ2) is 4.77. The average molecular weight is 242 g/mol. The third kappa shape index (κ3) is 3.49. The first kappa shape index (κ1) is 10.7. The molecule has 0 radical (unpaired) electrons. The lowest BCUT2D eigenvalue weighted by molar-refractivity contribution is 0.490. The van der Waals surface area contributed by atoms with Gasteiger partial charge in [0.05, 0.1) is 0 Å². The predicted octanol–water partition coefficient (Wildman–Crippen LogP) is 2.97. The van der Waals surface area contributed by atoms with Crippen molar-refractivity contribution in [3.63, 3.8) is 0 Å². The van der Waals surface area contributed by atoms with E-state index in [1.54, 1.807) is 0 Å². The Bertz CT molecular complexity index is 271. The van der Waals surface area contributed by atoms with E-state index in [1.165, 1.54) is 5.56 Å². The molecule has 0 fully saturated rings. The van der Waals surface area contributed by atoms with Crippen LogP contribution in [0.25, 0.3) is 0 Å². The normalized spacial score (nSPS) is 13.3. The molecule has 0 bridgehead atoms. The second-order valence-electron chi connectivity index (χ2n) is 3.74. The van der Waals surface area contributed by atoms with Crippen molar-refractivity contribution in [2.45, 2.75) is 26.3 Å². The Kier molecular flexibility index (Phi) is 3.94. The lowest BCUT2D eigenvalue weighted by atomic mass is 9.98. The summed E-state index contributed by atoms with van der Waals surface area (Å²) < 4.78 is 1.13. The van der Waals surface area contributed by atoms with Gasteiger partial charge in [-0.15, -0.1) is 0 Å². The van der Waals surface area contributed by atoms with Gasteiger partial charge in [0.2, 0.25) is 0 Å². The maximum absolute atomic E-state index is 5.98. The molecule has 1 nitrogen and oxygen atoms in total. The Morgan fingerprint density at radius 1 is 1.38 bits per heavy atom. The molecule has 1 aromatic carbocycles. The van der Waals surface area contributed by atoms with Crippen molar-refractivity contribution in [3.05, 3.63) is 34.3 Å². The zero-order valence-electron chi connectivity index (χ0n) is 8.13. The van der Waals surface area contributed by atoms with Gasteiger partial charge in [0.15, 0.2) is 0 Å². The molecule has 2 heteroatoms. The number of benzene rings is 1. The summed E-state index contributed by atoms with van der Waals surface area (Å²) in [6.45, 7) is 4.31. The molecule has 13 heavy (non-hydrogen) atoms. The predicted molar refractivity (Wildman–Crippen MR) is 60.7 cm³/mol. The van der Waals surface area contributed by atoms with Crippen LogP contribution in [0.3, 0.4) is 0 Å². The van der Waals surface area contributed by atoms with Gasteiger partial charge < -0.3 is 5.73 Å². The van der Waals surface area contributed by atoms with E-state index in [9.17, 15) is 0 Å². The van der Waals surface area contributed by atoms with Crippen LogP contribution in [0.2, 0.25) is 0 Å².